The molecule has 0 fully saturated rings. The monoisotopic (exact) mass is 210 g/mol. The average Bonchev–Trinajstić information content (AvgIpc) is 2.34. The molecule has 2 aromatic heterocycles. The standard InChI is InChI=1S/C8H7BrN2/c1-5-4-11-6-2-3-10-8(9)7(5)6/h2-4,11H,1H3. The van der Waals surface area contributed by atoms with Crippen LogP contribution in [0.5, 0.6) is 0 Å². The summed E-state index contributed by atoms with van der Waals surface area (Å²) in [5.74, 6) is 0. The molecule has 0 aliphatic heterocycles. The van der Waals surface area contributed by atoms with Gasteiger partial charge in [0.1, 0.15) is 4.60 Å². The lowest BCUT2D eigenvalue weighted by Gasteiger charge is -1.92. The first kappa shape index (κ1) is 6.85. The Kier molecular flexibility index (Phi) is 1.46. The number of aryl methyl sites for hydroxylation is 1. The highest BCUT2D eigenvalue weighted by Gasteiger charge is 2.02. The van der Waals surface area contributed by atoms with Crippen molar-refractivity contribution in [2.24, 2.45) is 0 Å². The fourth-order valence-electron chi connectivity index (χ4n) is 1.19. The molecule has 2 nitrogen and oxygen atoms in total. The van der Waals surface area contributed by atoms with Crippen LogP contribution < -0.4 is 0 Å². The second-order valence-electron chi connectivity index (χ2n) is 2.50. The van der Waals surface area contributed by atoms with Gasteiger partial charge in [-0.25, -0.2) is 4.98 Å². The van der Waals surface area contributed by atoms with Crippen LogP contribution in [0.1, 0.15) is 5.56 Å². The van der Waals surface area contributed by atoms with Crippen LogP contribution in [0.3, 0.4) is 0 Å². The highest BCUT2D eigenvalue weighted by atomic mass is 79.9. The number of aromatic amines is 1. The molecule has 0 spiro atoms. The van der Waals surface area contributed by atoms with Gasteiger partial charge in [0.05, 0.1) is 0 Å². The van der Waals surface area contributed by atoms with Crippen molar-refractivity contribution in [2.45, 2.75) is 6.92 Å². The summed E-state index contributed by atoms with van der Waals surface area (Å²) in [7, 11) is 0. The zero-order chi connectivity index (χ0) is 7.84. The third-order valence-electron chi connectivity index (χ3n) is 1.74. The summed E-state index contributed by atoms with van der Waals surface area (Å²) in [5, 5.41) is 1.17. The summed E-state index contributed by atoms with van der Waals surface area (Å²) < 4.78 is 0.911. The molecule has 0 radical (unpaired) electrons. The minimum atomic E-state index is 0.911. The van der Waals surface area contributed by atoms with Gasteiger partial charge in [-0.05, 0) is 34.5 Å². The van der Waals surface area contributed by atoms with Crippen molar-refractivity contribution in [1.29, 1.82) is 0 Å². The molecule has 0 amide bonds. The van der Waals surface area contributed by atoms with Gasteiger partial charge >= 0.3 is 0 Å². The Hall–Kier alpha value is -0.830. The third kappa shape index (κ3) is 0.959. The van der Waals surface area contributed by atoms with Gasteiger partial charge in [0, 0.05) is 23.3 Å². The molecule has 56 valence electrons. The number of halogens is 1. The zero-order valence-corrected chi connectivity index (χ0v) is 7.64. The number of nitrogens with zero attached hydrogens (tertiary/aromatic N) is 1. The van der Waals surface area contributed by atoms with E-state index in [1.165, 1.54) is 10.9 Å². The molecule has 0 bridgehead atoms. The molecule has 0 aromatic carbocycles. The summed E-state index contributed by atoms with van der Waals surface area (Å²) in [5.41, 5.74) is 2.35. The molecule has 0 aliphatic carbocycles. The number of nitrogens with one attached hydrogen (secondary N) is 1. The summed E-state index contributed by atoms with van der Waals surface area (Å²) in [6.45, 7) is 2.06. The van der Waals surface area contributed by atoms with E-state index in [-0.39, 0.29) is 0 Å². The highest BCUT2D eigenvalue weighted by Crippen LogP contribution is 2.23. The topological polar surface area (TPSA) is 28.7 Å². The molecule has 3 heteroatoms. The number of rotatable bonds is 0. The molecule has 1 N–H and O–H groups in total. The minimum absolute atomic E-state index is 0.911. The summed E-state index contributed by atoms with van der Waals surface area (Å²) >= 11 is 3.40. The molecule has 2 heterocycles. The molecular weight excluding hydrogens is 204 g/mol. The third-order valence-corrected chi connectivity index (χ3v) is 2.34. The Balaban J connectivity index is 2.96. The first-order valence-electron chi connectivity index (χ1n) is 3.37. The van der Waals surface area contributed by atoms with Crippen LogP contribution in [0, 0.1) is 6.92 Å². The van der Waals surface area contributed by atoms with Crippen molar-refractivity contribution in [2.75, 3.05) is 0 Å². The first-order valence-corrected chi connectivity index (χ1v) is 4.16. The molecule has 0 unspecified atom stereocenters. The van der Waals surface area contributed by atoms with E-state index in [1.807, 2.05) is 12.3 Å². The van der Waals surface area contributed by atoms with E-state index in [9.17, 15) is 0 Å². The van der Waals surface area contributed by atoms with Gasteiger partial charge in [0.15, 0.2) is 0 Å². The van der Waals surface area contributed by atoms with Crippen molar-refractivity contribution < 1.29 is 0 Å². The van der Waals surface area contributed by atoms with Gasteiger partial charge in [-0.1, -0.05) is 0 Å². The molecule has 0 saturated heterocycles. The lowest BCUT2D eigenvalue weighted by Crippen LogP contribution is -1.76. The van der Waals surface area contributed by atoms with Crippen molar-refractivity contribution in [3.8, 4) is 0 Å². The molecule has 2 aromatic rings. The van der Waals surface area contributed by atoms with E-state index in [4.69, 9.17) is 0 Å². The normalized spacial score (nSPS) is 10.7. The quantitative estimate of drug-likeness (QED) is 0.666. The Morgan fingerprint density at radius 1 is 1.55 bits per heavy atom. The van der Waals surface area contributed by atoms with Crippen LogP contribution in [-0.2, 0) is 0 Å². The molecular formula is C8H7BrN2. The molecule has 0 aliphatic rings. The Morgan fingerprint density at radius 2 is 2.36 bits per heavy atom. The molecule has 0 saturated carbocycles. The van der Waals surface area contributed by atoms with Crippen LogP contribution in [0.25, 0.3) is 10.9 Å². The lowest BCUT2D eigenvalue weighted by molar-refractivity contribution is 1.31. The van der Waals surface area contributed by atoms with Crippen LogP contribution in [0.2, 0.25) is 0 Å². The number of pyridine rings is 1. The fourth-order valence-corrected chi connectivity index (χ4v) is 1.83. The number of hydrogen-bond acceptors (Lipinski definition) is 1. The van der Waals surface area contributed by atoms with Crippen molar-refractivity contribution >= 4 is 26.8 Å². The van der Waals surface area contributed by atoms with Crippen molar-refractivity contribution in [1.82, 2.24) is 9.97 Å². The smallest absolute Gasteiger partial charge is 0.115 e. The Morgan fingerprint density at radius 3 is 3.09 bits per heavy atom. The van der Waals surface area contributed by atoms with E-state index in [1.54, 1.807) is 6.20 Å². The molecule has 2 rings (SSSR count). The second kappa shape index (κ2) is 2.34. The van der Waals surface area contributed by atoms with E-state index in [2.05, 4.69) is 32.8 Å². The largest absolute Gasteiger partial charge is 0.361 e. The van der Waals surface area contributed by atoms with Crippen LogP contribution in [0.15, 0.2) is 23.1 Å². The predicted molar refractivity (Wildman–Crippen MR) is 48.5 cm³/mol. The summed E-state index contributed by atoms with van der Waals surface area (Å²) in [4.78, 5) is 7.30. The fraction of sp³-hybridized carbons (Fsp3) is 0.125. The van der Waals surface area contributed by atoms with E-state index < -0.39 is 0 Å². The Bertz CT molecular complexity index is 392. The first-order chi connectivity index (χ1) is 5.29. The SMILES string of the molecule is Cc1c[nH]c2ccnc(Br)c12. The maximum atomic E-state index is 4.14. The van der Waals surface area contributed by atoms with Gasteiger partial charge in [0.2, 0.25) is 0 Å². The van der Waals surface area contributed by atoms with Gasteiger partial charge in [-0.2, -0.15) is 0 Å². The van der Waals surface area contributed by atoms with Crippen LogP contribution in [-0.4, -0.2) is 9.97 Å². The maximum Gasteiger partial charge on any atom is 0.115 e. The number of H-pyrrole nitrogens is 1. The zero-order valence-electron chi connectivity index (χ0n) is 6.06. The minimum Gasteiger partial charge on any atom is -0.361 e. The van der Waals surface area contributed by atoms with Gasteiger partial charge < -0.3 is 4.98 Å². The number of fused-ring (bicyclic) bond motifs is 1. The average molecular weight is 211 g/mol. The predicted octanol–water partition coefficient (Wildman–Crippen LogP) is 2.63. The summed E-state index contributed by atoms with van der Waals surface area (Å²) in [6, 6.07) is 1.97. The van der Waals surface area contributed by atoms with Crippen molar-refractivity contribution in [3.05, 3.63) is 28.6 Å². The van der Waals surface area contributed by atoms with Crippen LogP contribution in [0.4, 0.5) is 0 Å². The highest BCUT2D eigenvalue weighted by molar-refractivity contribution is 9.10. The van der Waals surface area contributed by atoms with Crippen molar-refractivity contribution in [3.63, 3.8) is 0 Å². The van der Waals surface area contributed by atoms with E-state index in [0.29, 0.717) is 0 Å². The number of hydrogen-bond donors (Lipinski definition) is 1. The number of aromatic nitrogens is 2. The molecule has 0 atom stereocenters. The maximum absolute atomic E-state index is 4.14. The van der Waals surface area contributed by atoms with E-state index >= 15 is 0 Å². The lowest BCUT2D eigenvalue weighted by atomic mass is 10.2. The van der Waals surface area contributed by atoms with Gasteiger partial charge in [0.25, 0.3) is 0 Å². The summed E-state index contributed by atoms with van der Waals surface area (Å²) in [6.07, 6.45) is 3.76. The van der Waals surface area contributed by atoms with Gasteiger partial charge in [-0.3, -0.25) is 0 Å². The van der Waals surface area contributed by atoms with E-state index in [0.717, 1.165) is 10.1 Å². The van der Waals surface area contributed by atoms with Crippen LogP contribution >= 0.6 is 15.9 Å². The molecule has 11 heavy (non-hydrogen) atoms. The second-order valence-corrected chi connectivity index (χ2v) is 3.25. The Labute approximate surface area is 72.8 Å². The van der Waals surface area contributed by atoms with Gasteiger partial charge in [-0.15, -0.1) is 0 Å².